The Balaban J connectivity index is 1.88. The van der Waals surface area contributed by atoms with Gasteiger partial charge in [0.15, 0.2) is 21.3 Å². The first-order chi connectivity index (χ1) is 16.5. The van der Waals surface area contributed by atoms with Crippen LogP contribution in [0.25, 0.3) is 22.4 Å². The number of thiocarbonyl (C=S) groups is 1. The van der Waals surface area contributed by atoms with Gasteiger partial charge in [0.05, 0.1) is 13.7 Å². The van der Waals surface area contributed by atoms with Crippen molar-refractivity contribution in [2.75, 3.05) is 20.2 Å². The summed E-state index contributed by atoms with van der Waals surface area (Å²) in [6.07, 6.45) is -4.64. The number of fused-ring (bicyclic) bond motifs is 1. The number of amides is 1. The zero-order valence-electron chi connectivity index (χ0n) is 18.1. The van der Waals surface area contributed by atoms with E-state index in [0.717, 1.165) is 6.07 Å². The van der Waals surface area contributed by atoms with Crippen LogP contribution in [-0.4, -0.2) is 45.9 Å². The predicted octanol–water partition coefficient (Wildman–Crippen LogP) is 2.69. The molecule has 3 rings (SSSR count). The Kier molecular flexibility index (Phi) is 8.24. The van der Waals surface area contributed by atoms with Crippen molar-refractivity contribution >= 4 is 54.8 Å². The van der Waals surface area contributed by atoms with Crippen LogP contribution < -0.4 is 26.8 Å². The predicted molar refractivity (Wildman–Crippen MR) is 130 cm³/mol. The molecular weight excluding hydrogens is 555 g/mol. The molecule has 0 aliphatic heterocycles. The second kappa shape index (κ2) is 11.0. The van der Waals surface area contributed by atoms with Crippen LogP contribution in [0.15, 0.2) is 33.7 Å². The molecule has 186 valence electrons. The Morgan fingerprint density at radius 1 is 1.23 bits per heavy atom. The fourth-order valence-electron chi connectivity index (χ4n) is 3.05. The summed E-state index contributed by atoms with van der Waals surface area (Å²) in [6.45, 7) is 0.285. The van der Waals surface area contributed by atoms with Gasteiger partial charge in [-0.05, 0) is 52.4 Å². The van der Waals surface area contributed by atoms with Crippen molar-refractivity contribution < 1.29 is 27.1 Å². The number of aromatic nitrogens is 2. The number of aliphatic imine (C=N–C) groups is 1. The number of hydrogen-bond donors (Lipinski definition) is 4. The summed E-state index contributed by atoms with van der Waals surface area (Å²) < 4.78 is 50.5. The molecule has 10 nitrogen and oxygen atoms in total. The molecule has 35 heavy (non-hydrogen) atoms. The number of methoxy groups -OCH3 is 1. The normalized spacial score (nSPS) is 12.0. The van der Waals surface area contributed by atoms with Gasteiger partial charge in [0.2, 0.25) is 5.89 Å². The molecule has 0 bridgehead atoms. The van der Waals surface area contributed by atoms with E-state index in [1.807, 2.05) is 0 Å². The standard InChI is InChI=1S/C20H19BrF3N7O3S/c1-33-11-4-2-10(9-3-5-13(20(22,23)24)29-14(9)11)17-30-15(12(8-25)34-17)16(32)27-6-7-28-19(35)31-18(21)26/h2-5H,6-8,25H2,1H3,(H,27,32)(H3,26,28,31,35). The highest BCUT2D eigenvalue weighted by Gasteiger charge is 2.33. The number of halogens is 4. The molecule has 0 radical (unpaired) electrons. The van der Waals surface area contributed by atoms with Gasteiger partial charge in [-0.3, -0.25) is 4.79 Å². The number of oxazole rings is 1. The van der Waals surface area contributed by atoms with Crippen LogP contribution in [0.2, 0.25) is 0 Å². The zero-order chi connectivity index (χ0) is 25.8. The monoisotopic (exact) mass is 573 g/mol. The summed E-state index contributed by atoms with van der Waals surface area (Å²) in [5.74, 6) is -0.338. The van der Waals surface area contributed by atoms with E-state index in [1.165, 1.54) is 19.2 Å². The molecule has 3 aromatic rings. The van der Waals surface area contributed by atoms with E-state index in [2.05, 4.69) is 41.5 Å². The lowest BCUT2D eigenvalue weighted by Crippen LogP contribution is -2.34. The third-order valence-electron chi connectivity index (χ3n) is 4.55. The van der Waals surface area contributed by atoms with Crippen molar-refractivity contribution in [3.05, 3.63) is 41.4 Å². The van der Waals surface area contributed by atoms with E-state index in [4.69, 9.17) is 32.8 Å². The van der Waals surface area contributed by atoms with E-state index < -0.39 is 17.8 Å². The number of pyridine rings is 1. The molecule has 0 atom stereocenters. The highest BCUT2D eigenvalue weighted by molar-refractivity contribution is 9.18. The number of nitrogens with one attached hydrogen (secondary N) is 2. The lowest BCUT2D eigenvalue weighted by atomic mass is 10.1. The average molecular weight is 574 g/mol. The van der Waals surface area contributed by atoms with Gasteiger partial charge in [0, 0.05) is 24.0 Å². The summed E-state index contributed by atoms with van der Waals surface area (Å²) in [5, 5.41) is 5.84. The summed E-state index contributed by atoms with van der Waals surface area (Å²) in [4.78, 5) is 24.4. The molecule has 0 aliphatic rings. The first kappa shape index (κ1) is 26.3. The number of nitrogens with two attached hydrogens (primary N) is 2. The third-order valence-corrected chi connectivity index (χ3v) is 4.97. The highest BCUT2D eigenvalue weighted by atomic mass is 79.9. The van der Waals surface area contributed by atoms with Crippen molar-refractivity contribution in [3.8, 4) is 17.2 Å². The van der Waals surface area contributed by atoms with Crippen LogP contribution in [0.4, 0.5) is 13.2 Å². The van der Waals surface area contributed by atoms with Crippen LogP contribution >= 0.6 is 28.1 Å². The maximum atomic E-state index is 13.2. The summed E-state index contributed by atoms with van der Waals surface area (Å²) in [6, 6.07) is 5.07. The Labute approximate surface area is 210 Å². The number of alkyl halides is 3. The first-order valence-corrected chi connectivity index (χ1v) is 11.1. The van der Waals surface area contributed by atoms with Gasteiger partial charge in [0.25, 0.3) is 5.91 Å². The van der Waals surface area contributed by atoms with Crippen molar-refractivity contribution in [3.63, 3.8) is 0 Å². The fraction of sp³-hybridized carbons (Fsp3) is 0.250. The molecule has 0 aliphatic carbocycles. The fourth-order valence-corrected chi connectivity index (χ4v) is 3.54. The topological polar surface area (TPSA) is 154 Å². The van der Waals surface area contributed by atoms with Gasteiger partial charge in [-0.1, -0.05) is 0 Å². The van der Waals surface area contributed by atoms with Crippen molar-refractivity contribution in [1.29, 1.82) is 0 Å². The van der Waals surface area contributed by atoms with E-state index >= 15 is 0 Å². The molecule has 1 amide bonds. The van der Waals surface area contributed by atoms with Gasteiger partial charge < -0.3 is 31.3 Å². The van der Waals surface area contributed by atoms with E-state index in [1.54, 1.807) is 6.07 Å². The number of hydrogen-bond acceptors (Lipinski definition) is 7. The van der Waals surface area contributed by atoms with Crippen LogP contribution in [-0.2, 0) is 12.7 Å². The van der Waals surface area contributed by atoms with Gasteiger partial charge in [-0.2, -0.15) is 18.2 Å². The second-order valence-electron chi connectivity index (χ2n) is 6.82. The molecule has 0 spiro atoms. The molecule has 1 aromatic carbocycles. The van der Waals surface area contributed by atoms with Crippen LogP contribution in [0.5, 0.6) is 5.75 Å². The SMILES string of the molecule is COc1ccc(-c2nc(C(=O)NCCNC(=S)N=C(N)Br)c(CN)o2)c2ccc(C(F)(F)F)nc12. The number of carbonyl (C=O) groups excluding carboxylic acids is 1. The van der Waals surface area contributed by atoms with Crippen LogP contribution in [0.1, 0.15) is 21.9 Å². The molecule has 0 saturated carbocycles. The summed E-state index contributed by atoms with van der Waals surface area (Å²) in [7, 11) is 1.32. The number of nitrogens with zero attached hydrogens (tertiary/aromatic N) is 3. The Bertz CT molecular complexity index is 1290. The van der Waals surface area contributed by atoms with Gasteiger partial charge in [-0.15, -0.1) is 0 Å². The van der Waals surface area contributed by atoms with Gasteiger partial charge in [-0.25, -0.2) is 9.97 Å². The molecule has 0 saturated heterocycles. The molecule has 2 heterocycles. The Hall–Kier alpha value is -3.30. The minimum atomic E-state index is -4.64. The number of carbonyl (C=O) groups is 1. The minimum Gasteiger partial charge on any atom is -0.494 e. The first-order valence-electron chi connectivity index (χ1n) is 9.86. The third kappa shape index (κ3) is 6.23. The van der Waals surface area contributed by atoms with Crippen LogP contribution in [0, 0.1) is 0 Å². The largest absolute Gasteiger partial charge is 0.494 e. The number of ether oxygens (including phenoxy) is 1. The molecule has 6 N–H and O–H groups in total. The highest BCUT2D eigenvalue weighted by Crippen LogP contribution is 2.36. The van der Waals surface area contributed by atoms with Gasteiger partial charge >= 0.3 is 6.18 Å². The zero-order valence-corrected chi connectivity index (χ0v) is 20.5. The van der Waals surface area contributed by atoms with Crippen molar-refractivity contribution in [2.24, 2.45) is 16.5 Å². The quantitative estimate of drug-likeness (QED) is 0.110. The van der Waals surface area contributed by atoms with E-state index in [-0.39, 0.29) is 58.1 Å². The van der Waals surface area contributed by atoms with Gasteiger partial charge in [0.1, 0.15) is 17.0 Å². The average Bonchev–Trinajstić information content (AvgIpc) is 3.24. The lowest BCUT2D eigenvalue weighted by Gasteiger charge is -2.11. The molecule has 2 aromatic heterocycles. The molecule has 0 unspecified atom stereocenters. The smallest absolute Gasteiger partial charge is 0.433 e. The maximum Gasteiger partial charge on any atom is 0.433 e. The number of rotatable bonds is 7. The summed E-state index contributed by atoms with van der Waals surface area (Å²) >= 11 is 7.89. The molecule has 0 fully saturated rings. The molecule has 15 heteroatoms. The minimum absolute atomic E-state index is 0.00810. The second-order valence-corrected chi connectivity index (χ2v) is 8.02. The Morgan fingerprint density at radius 2 is 1.94 bits per heavy atom. The van der Waals surface area contributed by atoms with Crippen molar-refractivity contribution in [2.45, 2.75) is 12.7 Å². The van der Waals surface area contributed by atoms with E-state index in [0.29, 0.717) is 10.9 Å². The maximum absolute atomic E-state index is 13.2. The number of benzene rings is 1. The lowest BCUT2D eigenvalue weighted by molar-refractivity contribution is -0.140. The number of amidine groups is 1. The van der Waals surface area contributed by atoms with Crippen LogP contribution in [0.3, 0.4) is 0 Å². The Morgan fingerprint density at radius 3 is 2.57 bits per heavy atom. The van der Waals surface area contributed by atoms with E-state index in [9.17, 15) is 18.0 Å². The molecular formula is C20H19BrF3N7O3S. The van der Waals surface area contributed by atoms with Crippen molar-refractivity contribution in [1.82, 2.24) is 20.6 Å². The summed E-state index contributed by atoms with van der Waals surface area (Å²) in [5.41, 5.74) is 10.2.